The highest BCUT2D eigenvalue weighted by Crippen LogP contribution is 2.10. The maximum atomic E-state index is 10.4. The topological polar surface area (TPSA) is 56.2 Å². The summed E-state index contributed by atoms with van der Waals surface area (Å²) in [6.45, 7) is 2.08. The molecule has 0 saturated carbocycles. The number of rotatable bonds is 4. The van der Waals surface area contributed by atoms with E-state index < -0.39 is 5.91 Å². The normalized spacial score (nSPS) is 10.8. The Morgan fingerprint density at radius 3 is 3.00 bits per heavy atom. The Kier molecular flexibility index (Phi) is 3.31. The van der Waals surface area contributed by atoms with E-state index in [0.29, 0.717) is 5.76 Å². The van der Waals surface area contributed by atoms with Gasteiger partial charge in [-0.2, -0.15) is 0 Å². The lowest BCUT2D eigenvalue weighted by Gasteiger charge is -1.89. The first-order valence-corrected chi connectivity index (χ1v) is 4.28. The molecule has 2 N–H and O–H groups in total. The van der Waals surface area contributed by atoms with Gasteiger partial charge in [0, 0.05) is 12.5 Å². The lowest BCUT2D eigenvalue weighted by molar-refractivity contribution is -0.113. The van der Waals surface area contributed by atoms with E-state index >= 15 is 0 Å². The van der Waals surface area contributed by atoms with Gasteiger partial charge < -0.3 is 10.2 Å². The third kappa shape index (κ3) is 3.15. The largest absolute Gasteiger partial charge is 0.462 e. The molecule has 0 spiro atoms. The quantitative estimate of drug-likeness (QED) is 0.715. The predicted molar refractivity (Wildman–Crippen MR) is 50.9 cm³/mol. The van der Waals surface area contributed by atoms with Gasteiger partial charge in [-0.15, -0.1) is 0 Å². The summed E-state index contributed by atoms with van der Waals surface area (Å²) < 4.78 is 5.38. The fourth-order valence-corrected chi connectivity index (χ4v) is 1.03. The summed E-state index contributed by atoms with van der Waals surface area (Å²) in [6, 6.07) is 3.73. The minimum Gasteiger partial charge on any atom is -0.462 e. The average molecular weight is 179 g/mol. The Bertz CT molecular complexity index is 312. The lowest BCUT2D eigenvalue weighted by Crippen LogP contribution is -2.04. The van der Waals surface area contributed by atoms with Crippen LogP contribution >= 0.6 is 0 Å². The van der Waals surface area contributed by atoms with Crippen molar-refractivity contribution in [1.82, 2.24) is 0 Å². The summed E-state index contributed by atoms with van der Waals surface area (Å²) in [5.41, 5.74) is 4.94. The first-order chi connectivity index (χ1) is 6.22. The van der Waals surface area contributed by atoms with Crippen LogP contribution in [0.15, 0.2) is 22.6 Å². The van der Waals surface area contributed by atoms with Crippen molar-refractivity contribution in [3.63, 3.8) is 0 Å². The van der Waals surface area contributed by atoms with Crippen molar-refractivity contribution in [1.29, 1.82) is 0 Å². The zero-order valence-corrected chi connectivity index (χ0v) is 7.62. The van der Waals surface area contributed by atoms with Crippen molar-refractivity contribution in [3.8, 4) is 0 Å². The third-order valence-electron chi connectivity index (χ3n) is 1.59. The van der Waals surface area contributed by atoms with E-state index in [1.165, 1.54) is 6.08 Å². The van der Waals surface area contributed by atoms with Gasteiger partial charge in [0.2, 0.25) is 5.91 Å². The van der Waals surface area contributed by atoms with E-state index in [0.717, 1.165) is 18.6 Å². The summed E-state index contributed by atoms with van der Waals surface area (Å²) in [5, 5.41) is 0. The summed E-state index contributed by atoms with van der Waals surface area (Å²) in [6.07, 6.45) is 4.83. The van der Waals surface area contributed by atoms with Crippen LogP contribution in [0.4, 0.5) is 0 Å². The predicted octanol–water partition coefficient (Wildman–Crippen LogP) is 1.73. The van der Waals surface area contributed by atoms with Crippen molar-refractivity contribution in [2.45, 2.75) is 19.8 Å². The zero-order chi connectivity index (χ0) is 9.68. The molecule has 0 aliphatic rings. The van der Waals surface area contributed by atoms with Crippen LogP contribution in [0, 0.1) is 0 Å². The van der Waals surface area contributed by atoms with Crippen molar-refractivity contribution in [2.24, 2.45) is 5.73 Å². The lowest BCUT2D eigenvalue weighted by atomic mass is 10.3. The molecule has 0 aliphatic heterocycles. The molecule has 0 aliphatic carbocycles. The Balaban J connectivity index is 2.63. The molecule has 13 heavy (non-hydrogen) atoms. The van der Waals surface area contributed by atoms with Gasteiger partial charge in [-0.3, -0.25) is 4.79 Å². The molecule has 0 atom stereocenters. The molecule has 1 amide bonds. The number of aryl methyl sites for hydroxylation is 1. The molecule has 0 bridgehead atoms. The summed E-state index contributed by atoms with van der Waals surface area (Å²) in [5.74, 6) is 1.14. The number of amides is 1. The van der Waals surface area contributed by atoms with E-state index in [1.54, 1.807) is 6.08 Å². The molecule has 0 aromatic carbocycles. The standard InChI is InChI=1S/C10H13NO2/c1-2-3-8-4-5-9(13-8)6-7-10(11)12/h4-7H,2-3H2,1H3,(H2,11,12)/b7-6-. The van der Waals surface area contributed by atoms with Gasteiger partial charge in [0.1, 0.15) is 11.5 Å². The smallest absolute Gasteiger partial charge is 0.241 e. The Morgan fingerprint density at radius 1 is 1.62 bits per heavy atom. The van der Waals surface area contributed by atoms with E-state index in [-0.39, 0.29) is 0 Å². The van der Waals surface area contributed by atoms with Crippen LogP contribution in [-0.2, 0) is 11.2 Å². The van der Waals surface area contributed by atoms with E-state index in [1.807, 2.05) is 12.1 Å². The molecule has 3 heteroatoms. The molecule has 1 rings (SSSR count). The van der Waals surface area contributed by atoms with Crippen LogP contribution in [-0.4, -0.2) is 5.91 Å². The Hall–Kier alpha value is -1.51. The van der Waals surface area contributed by atoms with Crippen LogP contribution in [0.5, 0.6) is 0 Å². The molecule has 3 nitrogen and oxygen atoms in total. The van der Waals surface area contributed by atoms with Gasteiger partial charge in [0.15, 0.2) is 0 Å². The van der Waals surface area contributed by atoms with Crippen LogP contribution < -0.4 is 5.73 Å². The van der Waals surface area contributed by atoms with E-state index in [9.17, 15) is 4.79 Å². The van der Waals surface area contributed by atoms with Crippen LogP contribution in [0.3, 0.4) is 0 Å². The second kappa shape index (κ2) is 4.50. The summed E-state index contributed by atoms with van der Waals surface area (Å²) in [7, 11) is 0. The molecular formula is C10H13NO2. The Morgan fingerprint density at radius 2 is 2.38 bits per heavy atom. The van der Waals surface area contributed by atoms with Crippen LogP contribution in [0.25, 0.3) is 6.08 Å². The monoisotopic (exact) mass is 179 g/mol. The van der Waals surface area contributed by atoms with Crippen LogP contribution in [0.1, 0.15) is 24.9 Å². The minimum atomic E-state index is -0.464. The van der Waals surface area contributed by atoms with Gasteiger partial charge in [-0.25, -0.2) is 0 Å². The highest BCUT2D eigenvalue weighted by Gasteiger charge is 1.97. The van der Waals surface area contributed by atoms with Gasteiger partial charge in [0.05, 0.1) is 0 Å². The number of hydrogen-bond donors (Lipinski definition) is 1. The molecule has 1 aromatic heterocycles. The first kappa shape index (κ1) is 9.58. The molecule has 0 saturated heterocycles. The Labute approximate surface area is 77.2 Å². The number of carbonyl (C=O) groups excluding carboxylic acids is 1. The van der Waals surface area contributed by atoms with Crippen molar-refractivity contribution >= 4 is 12.0 Å². The van der Waals surface area contributed by atoms with E-state index in [2.05, 4.69) is 6.92 Å². The molecule has 0 radical (unpaired) electrons. The number of hydrogen-bond acceptors (Lipinski definition) is 2. The summed E-state index contributed by atoms with van der Waals surface area (Å²) in [4.78, 5) is 10.4. The number of carbonyl (C=O) groups is 1. The van der Waals surface area contributed by atoms with Crippen molar-refractivity contribution in [3.05, 3.63) is 29.7 Å². The second-order valence-electron chi connectivity index (χ2n) is 2.79. The van der Waals surface area contributed by atoms with Gasteiger partial charge in [-0.05, 0) is 24.6 Å². The molecule has 1 aromatic rings. The number of furan rings is 1. The molecule has 70 valence electrons. The van der Waals surface area contributed by atoms with Gasteiger partial charge in [-0.1, -0.05) is 6.92 Å². The average Bonchev–Trinajstić information content (AvgIpc) is 2.50. The summed E-state index contributed by atoms with van der Waals surface area (Å²) >= 11 is 0. The molecular weight excluding hydrogens is 166 g/mol. The van der Waals surface area contributed by atoms with Crippen molar-refractivity contribution < 1.29 is 9.21 Å². The SMILES string of the molecule is CCCc1ccc(/C=C\C(N)=O)o1. The maximum absolute atomic E-state index is 10.4. The third-order valence-corrected chi connectivity index (χ3v) is 1.59. The molecule has 0 fully saturated rings. The maximum Gasteiger partial charge on any atom is 0.241 e. The van der Waals surface area contributed by atoms with Crippen LogP contribution in [0.2, 0.25) is 0 Å². The minimum absolute atomic E-state index is 0.464. The van der Waals surface area contributed by atoms with Crippen molar-refractivity contribution in [2.75, 3.05) is 0 Å². The number of nitrogens with two attached hydrogens (primary N) is 1. The highest BCUT2D eigenvalue weighted by atomic mass is 16.3. The molecule has 1 heterocycles. The number of primary amides is 1. The van der Waals surface area contributed by atoms with E-state index in [4.69, 9.17) is 10.2 Å². The van der Waals surface area contributed by atoms with Gasteiger partial charge >= 0.3 is 0 Å². The highest BCUT2D eigenvalue weighted by molar-refractivity contribution is 5.89. The fourth-order valence-electron chi connectivity index (χ4n) is 1.03. The molecule has 0 unspecified atom stereocenters. The zero-order valence-electron chi connectivity index (χ0n) is 7.62. The second-order valence-corrected chi connectivity index (χ2v) is 2.79. The van der Waals surface area contributed by atoms with Gasteiger partial charge in [0.25, 0.3) is 0 Å². The fraction of sp³-hybridized carbons (Fsp3) is 0.300. The first-order valence-electron chi connectivity index (χ1n) is 4.28.